The van der Waals surface area contributed by atoms with Crippen molar-refractivity contribution in [3.05, 3.63) is 30.7 Å². The number of fused-ring (bicyclic) bond motifs is 1. The van der Waals surface area contributed by atoms with E-state index in [1.54, 1.807) is 18.6 Å². The van der Waals surface area contributed by atoms with Crippen LogP contribution in [0.25, 0.3) is 33.7 Å². The number of aromatic amines is 3. The fourth-order valence-corrected chi connectivity index (χ4v) is 2.04. The van der Waals surface area contributed by atoms with Crippen LogP contribution in [0.3, 0.4) is 0 Å². The molecule has 0 bridgehead atoms. The smallest absolute Gasteiger partial charge is 0.138 e. The first-order chi connectivity index (χ1) is 9.42. The summed E-state index contributed by atoms with van der Waals surface area (Å²) in [7, 11) is 0. The van der Waals surface area contributed by atoms with Crippen LogP contribution in [-0.4, -0.2) is 40.8 Å². The number of hydrogen-bond donors (Lipinski definition) is 3. The lowest BCUT2D eigenvalue weighted by Crippen LogP contribution is -1.88. The quantitative estimate of drug-likeness (QED) is 0.495. The van der Waals surface area contributed by atoms with Gasteiger partial charge in [-0.05, 0) is 12.1 Å². The van der Waals surface area contributed by atoms with Gasteiger partial charge in [0.15, 0.2) is 0 Å². The minimum Gasteiger partial charge on any atom is -0.345 e. The number of hydrogen-bond acceptors (Lipinski definition) is 5. The molecule has 0 aliphatic rings. The zero-order valence-corrected chi connectivity index (χ0v) is 9.62. The molecule has 0 saturated carbocycles. The van der Waals surface area contributed by atoms with E-state index >= 15 is 0 Å². The van der Waals surface area contributed by atoms with Crippen molar-refractivity contribution in [3.63, 3.8) is 0 Å². The topological polar surface area (TPSA) is 112 Å². The predicted molar refractivity (Wildman–Crippen MR) is 66.8 cm³/mol. The highest BCUT2D eigenvalue weighted by Gasteiger charge is 2.14. The molecular weight excluding hydrogens is 244 g/mol. The second-order valence-corrected chi connectivity index (χ2v) is 4.00. The van der Waals surface area contributed by atoms with Crippen LogP contribution >= 0.6 is 0 Å². The molecule has 19 heavy (non-hydrogen) atoms. The van der Waals surface area contributed by atoms with E-state index in [-0.39, 0.29) is 0 Å². The highest BCUT2D eigenvalue weighted by atomic mass is 15.3. The lowest BCUT2D eigenvalue weighted by atomic mass is 10.0. The maximum absolute atomic E-state index is 4.28. The molecule has 0 fully saturated rings. The Morgan fingerprint density at radius 1 is 0.895 bits per heavy atom. The summed E-state index contributed by atoms with van der Waals surface area (Å²) >= 11 is 0. The molecule has 0 aliphatic carbocycles. The molecule has 0 aliphatic heterocycles. The van der Waals surface area contributed by atoms with Gasteiger partial charge in [0.05, 0.1) is 6.20 Å². The van der Waals surface area contributed by atoms with Gasteiger partial charge >= 0.3 is 0 Å². The van der Waals surface area contributed by atoms with Crippen molar-refractivity contribution >= 4 is 11.0 Å². The van der Waals surface area contributed by atoms with Gasteiger partial charge in [0.25, 0.3) is 0 Å². The first kappa shape index (κ1) is 9.95. The molecular formula is C11H8N8. The summed E-state index contributed by atoms with van der Waals surface area (Å²) < 4.78 is 0. The SMILES string of the molecule is c1c[nH]c(-c2cc3n[nH]nc3cc2-c2cn[nH]n2)n1. The maximum Gasteiger partial charge on any atom is 0.138 e. The van der Waals surface area contributed by atoms with Gasteiger partial charge < -0.3 is 4.98 Å². The number of aromatic nitrogens is 8. The standard InChI is InChI=1S/C11H8N8/c1-2-13-11(12-1)7-4-9-8(15-19-16-9)3-6(7)10-5-14-18-17-10/h1-5H,(H,12,13)(H,14,17,18)(H,15,16,19). The summed E-state index contributed by atoms with van der Waals surface area (Å²) in [6.07, 6.45) is 5.14. The van der Waals surface area contributed by atoms with E-state index in [9.17, 15) is 0 Å². The minimum absolute atomic E-state index is 0.733. The molecule has 8 heteroatoms. The fourth-order valence-electron chi connectivity index (χ4n) is 2.04. The van der Waals surface area contributed by atoms with Crippen LogP contribution in [0.1, 0.15) is 0 Å². The van der Waals surface area contributed by atoms with Crippen LogP contribution in [-0.2, 0) is 0 Å². The molecule has 0 saturated heterocycles. The van der Waals surface area contributed by atoms with Gasteiger partial charge in [0, 0.05) is 23.5 Å². The molecule has 0 radical (unpaired) electrons. The third-order valence-electron chi connectivity index (χ3n) is 2.90. The predicted octanol–water partition coefficient (Wildman–Crippen LogP) is 1.13. The van der Waals surface area contributed by atoms with Crippen LogP contribution in [0, 0.1) is 0 Å². The Labute approximate surface area is 106 Å². The number of nitrogens with zero attached hydrogens (tertiary/aromatic N) is 5. The third-order valence-corrected chi connectivity index (χ3v) is 2.90. The van der Waals surface area contributed by atoms with Gasteiger partial charge in [0.2, 0.25) is 0 Å². The van der Waals surface area contributed by atoms with Crippen molar-refractivity contribution in [3.8, 4) is 22.6 Å². The number of imidazole rings is 1. The van der Waals surface area contributed by atoms with Crippen molar-refractivity contribution < 1.29 is 0 Å². The molecule has 0 unspecified atom stereocenters. The molecule has 0 spiro atoms. The zero-order valence-electron chi connectivity index (χ0n) is 9.62. The molecule has 3 N–H and O–H groups in total. The van der Waals surface area contributed by atoms with E-state index in [0.717, 1.165) is 33.7 Å². The lowest BCUT2D eigenvalue weighted by molar-refractivity contribution is 0.942. The van der Waals surface area contributed by atoms with E-state index in [1.165, 1.54) is 0 Å². The Balaban J connectivity index is 2.06. The number of benzene rings is 1. The van der Waals surface area contributed by atoms with Crippen LogP contribution in [0.2, 0.25) is 0 Å². The lowest BCUT2D eigenvalue weighted by Gasteiger charge is -2.04. The summed E-state index contributed by atoms with van der Waals surface area (Å²) in [4.78, 5) is 7.36. The second kappa shape index (κ2) is 3.73. The van der Waals surface area contributed by atoms with Crippen LogP contribution in [0.15, 0.2) is 30.7 Å². The zero-order chi connectivity index (χ0) is 12.7. The highest BCUT2D eigenvalue weighted by molar-refractivity contribution is 5.90. The highest BCUT2D eigenvalue weighted by Crippen LogP contribution is 2.31. The molecule has 0 amide bonds. The number of H-pyrrole nitrogens is 3. The first-order valence-electron chi connectivity index (χ1n) is 5.62. The number of rotatable bonds is 2. The average molecular weight is 252 g/mol. The molecule has 4 rings (SSSR count). The largest absolute Gasteiger partial charge is 0.345 e. The van der Waals surface area contributed by atoms with Crippen molar-refractivity contribution in [1.82, 2.24) is 40.8 Å². The summed E-state index contributed by atoms with van der Waals surface area (Å²) in [6, 6.07) is 3.83. The maximum atomic E-state index is 4.28. The van der Waals surface area contributed by atoms with E-state index in [1.807, 2.05) is 12.1 Å². The Hall–Kier alpha value is -3.03. The molecule has 0 atom stereocenters. The molecule has 1 aromatic carbocycles. The third kappa shape index (κ3) is 1.50. The van der Waals surface area contributed by atoms with Crippen LogP contribution in [0.5, 0.6) is 0 Å². The first-order valence-corrected chi connectivity index (χ1v) is 5.62. The second-order valence-electron chi connectivity index (χ2n) is 4.00. The van der Waals surface area contributed by atoms with Gasteiger partial charge in [-0.25, -0.2) is 4.98 Å². The summed E-state index contributed by atoms with van der Waals surface area (Å²) in [6.45, 7) is 0. The van der Waals surface area contributed by atoms with E-state index < -0.39 is 0 Å². The van der Waals surface area contributed by atoms with Gasteiger partial charge in [-0.15, -0.1) is 0 Å². The van der Waals surface area contributed by atoms with Crippen LogP contribution < -0.4 is 0 Å². The van der Waals surface area contributed by atoms with E-state index in [2.05, 4.69) is 40.8 Å². The molecule has 3 aromatic heterocycles. The molecule has 8 nitrogen and oxygen atoms in total. The minimum atomic E-state index is 0.733. The monoisotopic (exact) mass is 252 g/mol. The summed E-state index contributed by atoms with van der Waals surface area (Å²) in [5.74, 6) is 0.753. The van der Waals surface area contributed by atoms with Crippen LogP contribution in [0.4, 0.5) is 0 Å². The van der Waals surface area contributed by atoms with Crippen molar-refractivity contribution in [2.24, 2.45) is 0 Å². The normalized spacial score (nSPS) is 11.2. The van der Waals surface area contributed by atoms with Crippen molar-refractivity contribution in [1.29, 1.82) is 0 Å². The summed E-state index contributed by atoms with van der Waals surface area (Å²) in [5, 5.41) is 21.3. The summed E-state index contributed by atoms with van der Waals surface area (Å²) in [5.41, 5.74) is 4.08. The van der Waals surface area contributed by atoms with Crippen molar-refractivity contribution in [2.75, 3.05) is 0 Å². The van der Waals surface area contributed by atoms with Crippen molar-refractivity contribution in [2.45, 2.75) is 0 Å². The van der Waals surface area contributed by atoms with E-state index in [4.69, 9.17) is 0 Å². The average Bonchev–Trinajstić information content (AvgIpc) is 3.18. The van der Waals surface area contributed by atoms with Gasteiger partial charge in [0.1, 0.15) is 22.6 Å². The van der Waals surface area contributed by atoms with Gasteiger partial charge in [-0.3, -0.25) is 0 Å². The fraction of sp³-hybridized carbons (Fsp3) is 0. The Kier molecular flexibility index (Phi) is 1.95. The Morgan fingerprint density at radius 2 is 1.74 bits per heavy atom. The van der Waals surface area contributed by atoms with Gasteiger partial charge in [-0.2, -0.15) is 30.8 Å². The molecule has 4 aromatic rings. The molecule has 3 heterocycles. The Bertz CT molecular complexity index is 744. The van der Waals surface area contributed by atoms with Gasteiger partial charge in [-0.1, -0.05) is 0 Å². The van der Waals surface area contributed by atoms with E-state index in [0.29, 0.717) is 0 Å². The number of nitrogens with one attached hydrogen (secondary N) is 3. The molecule has 92 valence electrons. The Morgan fingerprint density at radius 3 is 2.42 bits per heavy atom.